The maximum absolute atomic E-state index is 10.4. The smallest absolute Gasteiger partial charge is 0.150 e. The minimum atomic E-state index is -0.0388. The molecule has 1 rings (SSSR count). The first-order chi connectivity index (χ1) is 5.69. The molecule has 0 unspecified atom stereocenters. The average Bonchev–Trinajstić information content (AvgIpc) is 2.09. The second-order valence-electron chi connectivity index (χ2n) is 2.44. The van der Waals surface area contributed by atoms with Crippen molar-refractivity contribution in [1.29, 1.82) is 0 Å². The molecular weight excluding hydrogens is 156 g/mol. The summed E-state index contributed by atoms with van der Waals surface area (Å²) in [5.74, 6) is -0.0388. The molecule has 0 aliphatic rings. The Morgan fingerprint density at radius 3 is 2.67 bits per heavy atom. The number of hydrogen-bond donors (Lipinski definition) is 3. The van der Waals surface area contributed by atoms with Crippen LogP contribution in [0.15, 0.2) is 12.1 Å². The number of rotatable bonds is 2. The van der Waals surface area contributed by atoms with Gasteiger partial charge in [0, 0.05) is 17.7 Å². The molecular formula is C8H10N2O2. The molecule has 0 aromatic heterocycles. The minimum Gasteiger partial charge on any atom is -0.505 e. The number of anilines is 1. The van der Waals surface area contributed by atoms with Gasteiger partial charge in [-0.25, -0.2) is 0 Å². The van der Waals surface area contributed by atoms with Crippen molar-refractivity contribution < 1.29 is 9.90 Å². The monoisotopic (exact) mass is 166 g/mol. The molecule has 0 spiro atoms. The highest BCUT2D eigenvalue weighted by molar-refractivity contribution is 5.79. The second kappa shape index (κ2) is 3.23. The van der Waals surface area contributed by atoms with Gasteiger partial charge >= 0.3 is 0 Å². The van der Waals surface area contributed by atoms with Gasteiger partial charge < -0.3 is 16.6 Å². The van der Waals surface area contributed by atoms with Crippen molar-refractivity contribution in [3.05, 3.63) is 23.3 Å². The summed E-state index contributed by atoms with van der Waals surface area (Å²) in [6.07, 6.45) is 0.662. The Morgan fingerprint density at radius 1 is 1.50 bits per heavy atom. The molecule has 0 aliphatic heterocycles. The Hall–Kier alpha value is -1.55. The third kappa shape index (κ3) is 1.38. The van der Waals surface area contributed by atoms with Crippen LogP contribution >= 0.6 is 0 Å². The van der Waals surface area contributed by atoms with Crippen LogP contribution in [0.25, 0.3) is 0 Å². The Kier molecular flexibility index (Phi) is 2.30. The number of phenolic OH excluding ortho intramolecular Hbond substituents is 1. The minimum absolute atomic E-state index is 0.0388. The van der Waals surface area contributed by atoms with E-state index >= 15 is 0 Å². The molecule has 5 N–H and O–H groups in total. The van der Waals surface area contributed by atoms with Crippen LogP contribution in [0, 0.1) is 0 Å². The van der Waals surface area contributed by atoms with Crippen molar-refractivity contribution in [2.75, 3.05) is 5.73 Å². The van der Waals surface area contributed by atoms with Crippen molar-refractivity contribution in [2.24, 2.45) is 5.73 Å². The number of aromatic hydroxyl groups is 1. The van der Waals surface area contributed by atoms with Gasteiger partial charge in [-0.05, 0) is 12.1 Å². The van der Waals surface area contributed by atoms with Crippen LogP contribution in [0.3, 0.4) is 0 Å². The Morgan fingerprint density at radius 2 is 2.17 bits per heavy atom. The van der Waals surface area contributed by atoms with E-state index in [1.807, 2.05) is 0 Å². The fraction of sp³-hybridized carbons (Fsp3) is 0.125. The highest BCUT2D eigenvalue weighted by Gasteiger charge is 2.05. The van der Waals surface area contributed by atoms with E-state index in [9.17, 15) is 9.90 Å². The van der Waals surface area contributed by atoms with Crippen LogP contribution in [0.1, 0.15) is 15.9 Å². The van der Waals surface area contributed by atoms with Gasteiger partial charge in [0.15, 0.2) is 0 Å². The van der Waals surface area contributed by atoms with Crippen LogP contribution < -0.4 is 11.5 Å². The van der Waals surface area contributed by atoms with Crippen LogP contribution in [0.4, 0.5) is 5.69 Å². The highest BCUT2D eigenvalue weighted by atomic mass is 16.3. The number of nitrogen functional groups attached to an aromatic ring is 1. The summed E-state index contributed by atoms with van der Waals surface area (Å²) in [6, 6.07) is 2.92. The Labute approximate surface area is 69.8 Å². The lowest BCUT2D eigenvalue weighted by Gasteiger charge is -2.05. The van der Waals surface area contributed by atoms with Gasteiger partial charge in [0.2, 0.25) is 0 Å². The molecule has 1 aromatic carbocycles. The standard InChI is InChI=1S/C8H10N2O2/c9-3-6-1-5(4-11)2-7(10)8(6)12/h1-2,4,12H,3,9-10H2. The van der Waals surface area contributed by atoms with E-state index < -0.39 is 0 Å². The van der Waals surface area contributed by atoms with Crippen molar-refractivity contribution in [1.82, 2.24) is 0 Å². The van der Waals surface area contributed by atoms with Gasteiger partial charge in [0.05, 0.1) is 5.69 Å². The fourth-order valence-corrected chi connectivity index (χ4v) is 0.968. The van der Waals surface area contributed by atoms with Gasteiger partial charge in [0.25, 0.3) is 0 Å². The Balaban J connectivity index is 3.28. The van der Waals surface area contributed by atoms with E-state index in [4.69, 9.17) is 11.5 Å². The maximum atomic E-state index is 10.4. The Bertz CT molecular complexity index is 310. The zero-order valence-electron chi connectivity index (χ0n) is 6.45. The normalized spacial score (nSPS) is 9.75. The van der Waals surface area contributed by atoms with E-state index in [0.717, 1.165) is 0 Å². The zero-order valence-corrected chi connectivity index (χ0v) is 6.45. The second-order valence-corrected chi connectivity index (χ2v) is 2.44. The lowest BCUT2D eigenvalue weighted by molar-refractivity contribution is 0.112. The number of phenols is 1. The maximum Gasteiger partial charge on any atom is 0.150 e. The van der Waals surface area contributed by atoms with E-state index in [-0.39, 0.29) is 18.0 Å². The topological polar surface area (TPSA) is 89.3 Å². The van der Waals surface area contributed by atoms with E-state index in [1.165, 1.54) is 12.1 Å². The largest absolute Gasteiger partial charge is 0.505 e. The van der Waals surface area contributed by atoms with Crippen LogP contribution in [0.2, 0.25) is 0 Å². The lowest BCUT2D eigenvalue weighted by atomic mass is 10.1. The van der Waals surface area contributed by atoms with Crippen LogP contribution in [-0.4, -0.2) is 11.4 Å². The highest BCUT2D eigenvalue weighted by Crippen LogP contribution is 2.25. The molecule has 0 saturated heterocycles. The number of nitrogens with two attached hydrogens (primary N) is 2. The number of carbonyl (C=O) groups is 1. The molecule has 0 fully saturated rings. The van der Waals surface area contributed by atoms with Gasteiger partial charge in [-0.2, -0.15) is 0 Å². The molecule has 0 amide bonds. The van der Waals surface area contributed by atoms with Gasteiger partial charge in [0.1, 0.15) is 12.0 Å². The van der Waals surface area contributed by atoms with E-state index in [1.54, 1.807) is 0 Å². The van der Waals surface area contributed by atoms with Gasteiger partial charge in [-0.15, -0.1) is 0 Å². The summed E-state index contributed by atoms with van der Waals surface area (Å²) in [5, 5.41) is 9.30. The molecule has 12 heavy (non-hydrogen) atoms. The number of aldehydes is 1. The first-order valence-electron chi connectivity index (χ1n) is 3.45. The molecule has 64 valence electrons. The van der Waals surface area contributed by atoms with Crippen molar-refractivity contribution in [2.45, 2.75) is 6.54 Å². The third-order valence-corrected chi connectivity index (χ3v) is 1.60. The summed E-state index contributed by atoms with van der Waals surface area (Å²) in [4.78, 5) is 10.4. The first-order valence-corrected chi connectivity index (χ1v) is 3.45. The van der Waals surface area contributed by atoms with Crippen LogP contribution in [-0.2, 0) is 6.54 Å². The molecule has 0 atom stereocenters. The first kappa shape index (κ1) is 8.55. The molecule has 0 radical (unpaired) electrons. The lowest BCUT2D eigenvalue weighted by Crippen LogP contribution is -2.00. The SMILES string of the molecule is NCc1cc(C=O)cc(N)c1O. The van der Waals surface area contributed by atoms with Crippen molar-refractivity contribution >= 4 is 12.0 Å². The molecule has 4 heteroatoms. The van der Waals surface area contributed by atoms with Gasteiger partial charge in [-0.3, -0.25) is 4.79 Å². The van der Waals surface area contributed by atoms with Crippen molar-refractivity contribution in [3.63, 3.8) is 0 Å². The summed E-state index contributed by atoms with van der Waals surface area (Å²) in [6.45, 7) is 0.164. The third-order valence-electron chi connectivity index (χ3n) is 1.60. The molecule has 0 saturated carbocycles. The molecule has 0 bridgehead atoms. The summed E-state index contributed by atoms with van der Waals surface area (Å²) in [5.41, 5.74) is 11.8. The number of benzene rings is 1. The van der Waals surface area contributed by atoms with Crippen molar-refractivity contribution in [3.8, 4) is 5.75 Å². The number of carbonyl (C=O) groups excluding carboxylic acids is 1. The molecule has 0 aliphatic carbocycles. The predicted molar refractivity (Wildman–Crippen MR) is 45.8 cm³/mol. The fourth-order valence-electron chi connectivity index (χ4n) is 0.968. The molecule has 1 aromatic rings. The van der Waals surface area contributed by atoms with Gasteiger partial charge in [-0.1, -0.05) is 0 Å². The number of hydrogen-bond acceptors (Lipinski definition) is 4. The predicted octanol–water partition coefficient (Wildman–Crippen LogP) is 0.246. The average molecular weight is 166 g/mol. The summed E-state index contributed by atoms with van der Waals surface area (Å²) in [7, 11) is 0. The molecule has 4 nitrogen and oxygen atoms in total. The molecule has 0 heterocycles. The summed E-state index contributed by atoms with van der Waals surface area (Å²) < 4.78 is 0. The quantitative estimate of drug-likeness (QED) is 0.333. The van der Waals surface area contributed by atoms with Crippen LogP contribution in [0.5, 0.6) is 5.75 Å². The summed E-state index contributed by atoms with van der Waals surface area (Å²) >= 11 is 0. The van der Waals surface area contributed by atoms with E-state index in [0.29, 0.717) is 17.4 Å². The zero-order chi connectivity index (χ0) is 9.14. The van der Waals surface area contributed by atoms with E-state index in [2.05, 4.69) is 0 Å².